The highest BCUT2D eigenvalue weighted by molar-refractivity contribution is 7.17. The Hall–Kier alpha value is -2.37. The summed E-state index contributed by atoms with van der Waals surface area (Å²) in [6.07, 6.45) is 1.76. The predicted octanol–water partition coefficient (Wildman–Crippen LogP) is 3.92. The number of hydrogen-bond donors (Lipinski definition) is 2. The zero-order chi connectivity index (χ0) is 19.1. The van der Waals surface area contributed by atoms with Crippen molar-refractivity contribution in [2.24, 2.45) is 0 Å². The molecule has 142 valence electrons. The summed E-state index contributed by atoms with van der Waals surface area (Å²) in [4.78, 5) is 14.3. The Morgan fingerprint density at radius 2 is 1.78 bits per heavy atom. The average molecular weight is 382 g/mol. The minimum absolute atomic E-state index is 0.102. The van der Waals surface area contributed by atoms with Gasteiger partial charge in [-0.15, -0.1) is 11.3 Å². The van der Waals surface area contributed by atoms with Gasteiger partial charge in [0.1, 0.15) is 0 Å². The summed E-state index contributed by atoms with van der Waals surface area (Å²) in [5.74, 6) is 0. The molecule has 2 amide bonds. The number of nitrogens with one attached hydrogen (secondary N) is 2. The zero-order valence-electron chi connectivity index (χ0n) is 15.9. The molecule has 1 heterocycles. The van der Waals surface area contributed by atoms with E-state index in [1.807, 2.05) is 6.07 Å². The number of hydrogen-bond acceptors (Lipinski definition) is 3. The maximum Gasteiger partial charge on any atom is 0.314 e. The molecule has 2 aromatic carbocycles. The normalized spacial score (nSPS) is 12.3. The van der Waals surface area contributed by atoms with Gasteiger partial charge in [0.05, 0.1) is 0 Å². The monoisotopic (exact) mass is 381 g/mol. The largest absolute Gasteiger partial charge is 0.338 e. The number of thiophene rings is 1. The van der Waals surface area contributed by atoms with Gasteiger partial charge in [0, 0.05) is 23.8 Å². The molecule has 0 aliphatic carbocycles. The molecule has 0 aliphatic rings. The summed E-state index contributed by atoms with van der Waals surface area (Å²) >= 11 is 1.76. The van der Waals surface area contributed by atoms with E-state index in [1.165, 1.54) is 21.2 Å². The highest BCUT2D eigenvalue weighted by atomic mass is 32.1. The molecule has 1 atom stereocenters. The lowest BCUT2D eigenvalue weighted by molar-refractivity contribution is 0.232. The Bertz CT molecular complexity index is 860. The van der Waals surface area contributed by atoms with Gasteiger partial charge in [-0.1, -0.05) is 48.5 Å². The SMILES string of the molecule is CN(C)C(CNC(=O)NCCc1csc2ccccc12)Cc1ccccc1. The van der Waals surface area contributed by atoms with Gasteiger partial charge >= 0.3 is 6.03 Å². The van der Waals surface area contributed by atoms with Crippen LogP contribution < -0.4 is 10.6 Å². The number of carbonyl (C=O) groups is 1. The van der Waals surface area contributed by atoms with Crippen LogP contribution in [-0.2, 0) is 12.8 Å². The van der Waals surface area contributed by atoms with Gasteiger partial charge < -0.3 is 15.5 Å². The highest BCUT2D eigenvalue weighted by Gasteiger charge is 2.13. The minimum Gasteiger partial charge on any atom is -0.338 e. The van der Waals surface area contributed by atoms with Crippen LogP contribution in [-0.4, -0.2) is 44.2 Å². The quantitative estimate of drug-likeness (QED) is 0.621. The second-order valence-corrected chi connectivity index (χ2v) is 7.86. The predicted molar refractivity (Wildman–Crippen MR) is 115 cm³/mol. The van der Waals surface area contributed by atoms with Crippen molar-refractivity contribution in [3.63, 3.8) is 0 Å². The van der Waals surface area contributed by atoms with Crippen LogP contribution in [0.1, 0.15) is 11.1 Å². The number of likely N-dealkylation sites (N-methyl/N-ethyl adjacent to an activating group) is 1. The number of fused-ring (bicyclic) bond motifs is 1. The number of rotatable bonds is 8. The molecule has 0 saturated heterocycles. The molecular weight excluding hydrogens is 354 g/mol. The van der Waals surface area contributed by atoms with Crippen molar-refractivity contribution in [2.45, 2.75) is 18.9 Å². The van der Waals surface area contributed by atoms with Gasteiger partial charge in [0.25, 0.3) is 0 Å². The lowest BCUT2D eigenvalue weighted by Gasteiger charge is -2.24. The van der Waals surface area contributed by atoms with Gasteiger partial charge in [-0.3, -0.25) is 0 Å². The highest BCUT2D eigenvalue weighted by Crippen LogP contribution is 2.25. The lowest BCUT2D eigenvalue weighted by Crippen LogP contribution is -2.45. The van der Waals surface area contributed by atoms with E-state index >= 15 is 0 Å². The summed E-state index contributed by atoms with van der Waals surface area (Å²) in [6, 6.07) is 18.9. The van der Waals surface area contributed by atoms with Crippen molar-refractivity contribution in [1.82, 2.24) is 15.5 Å². The van der Waals surface area contributed by atoms with Gasteiger partial charge in [0.15, 0.2) is 0 Å². The molecule has 5 heteroatoms. The molecule has 4 nitrogen and oxygen atoms in total. The summed E-state index contributed by atoms with van der Waals surface area (Å²) in [5.41, 5.74) is 2.58. The van der Waals surface area contributed by atoms with E-state index in [-0.39, 0.29) is 12.1 Å². The topological polar surface area (TPSA) is 44.4 Å². The average Bonchev–Trinajstić information content (AvgIpc) is 3.09. The summed E-state index contributed by atoms with van der Waals surface area (Å²) in [5, 5.41) is 9.47. The first kappa shape index (κ1) is 19.4. The van der Waals surface area contributed by atoms with Crippen molar-refractivity contribution >= 4 is 27.5 Å². The number of amides is 2. The van der Waals surface area contributed by atoms with E-state index < -0.39 is 0 Å². The van der Waals surface area contributed by atoms with Gasteiger partial charge in [-0.25, -0.2) is 4.79 Å². The van der Waals surface area contributed by atoms with Crippen molar-refractivity contribution in [2.75, 3.05) is 27.2 Å². The van der Waals surface area contributed by atoms with Crippen LogP contribution in [0.15, 0.2) is 60.0 Å². The Morgan fingerprint density at radius 1 is 1.04 bits per heavy atom. The van der Waals surface area contributed by atoms with Crippen molar-refractivity contribution in [3.8, 4) is 0 Å². The van der Waals surface area contributed by atoms with Crippen LogP contribution >= 0.6 is 11.3 Å². The summed E-state index contributed by atoms with van der Waals surface area (Å²) < 4.78 is 1.30. The molecule has 0 saturated carbocycles. The zero-order valence-corrected chi connectivity index (χ0v) is 16.8. The third-order valence-electron chi connectivity index (χ3n) is 4.78. The molecule has 0 aliphatic heterocycles. The number of benzene rings is 2. The van der Waals surface area contributed by atoms with Crippen LogP contribution in [0.3, 0.4) is 0 Å². The van der Waals surface area contributed by atoms with Crippen molar-refractivity contribution in [3.05, 3.63) is 71.1 Å². The van der Waals surface area contributed by atoms with Crippen LogP contribution in [0.5, 0.6) is 0 Å². The summed E-state index contributed by atoms with van der Waals surface area (Å²) in [6.45, 7) is 1.26. The number of urea groups is 1. The maximum atomic E-state index is 12.2. The first-order valence-corrected chi connectivity index (χ1v) is 10.2. The van der Waals surface area contributed by atoms with Crippen LogP contribution in [0.4, 0.5) is 4.79 Å². The molecule has 0 fully saturated rings. The van der Waals surface area contributed by atoms with Crippen LogP contribution in [0, 0.1) is 0 Å². The lowest BCUT2D eigenvalue weighted by atomic mass is 10.1. The first-order chi connectivity index (χ1) is 13.1. The van der Waals surface area contributed by atoms with E-state index in [4.69, 9.17) is 0 Å². The second-order valence-electron chi connectivity index (χ2n) is 6.95. The van der Waals surface area contributed by atoms with E-state index in [0.717, 1.165) is 12.8 Å². The fourth-order valence-corrected chi connectivity index (χ4v) is 4.13. The van der Waals surface area contributed by atoms with Gasteiger partial charge in [-0.05, 0) is 54.9 Å². The summed E-state index contributed by atoms with van der Waals surface area (Å²) in [7, 11) is 4.10. The van der Waals surface area contributed by atoms with E-state index in [2.05, 4.69) is 83.5 Å². The first-order valence-electron chi connectivity index (χ1n) is 9.30. The standard InChI is InChI=1S/C22H27N3OS/c1-25(2)19(14-17-8-4-3-5-9-17)15-24-22(26)23-13-12-18-16-27-21-11-7-6-10-20(18)21/h3-11,16,19H,12-15H2,1-2H3,(H2,23,24,26). The molecule has 1 unspecified atom stereocenters. The Morgan fingerprint density at radius 3 is 2.56 bits per heavy atom. The molecule has 27 heavy (non-hydrogen) atoms. The third-order valence-corrected chi connectivity index (χ3v) is 5.80. The molecule has 0 spiro atoms. The van der Waals surface area contributed by atoms with E-state index in [1.54, 1.807) is 11.3 Å². The molecule has 2 N–H and O–H groups in total. The maximum absolute atomic E-state index is 12.2. The van der Waals surface area contributed by atoms with Crippen molar-refractivity contribution < 1.29 is 4.79 Å². The van der Waals surface area contributed by atoms with Gasteiger partial charge in [0.2, 0.25) is 0 Å². The number of carbonyl (C=O) groups excluding carboxylic acids is 1. The van der Waals surface area contributed by atoms with Gasteiger partial charge in [-0.2, -0.15) is 0 Å². The molecular formula is C22H27N3OS. The minimum atomic E-state index is -0.102. The van der Waals surface area contributed by atoms with Crippen LogP contribution in [0.2, 0.25) is 0 Å². The second kappa shape index (κ2) is 9.53. The third kappa shape index (κ3) is 5.55. The Balaban J connectivity index is 1.44. The Kier molecular flexibility index (Phi) is 6.85. The Labute approximate surface area is 165 Å². The fraction of sp³-hybridized carbons (Fsp3) is 0.318. The van der Waals surface area contributed by atoms with E-state index in [0.29, 0.717) is 13.1 Å². The molecule has 3 aromatic rings. The van der Waals surface area contributed by atoms with Crippen LogP contribution in [0.25, 0.3) is 10.1 Å². The van der Waals surface area contributed by atoms with Crippen molar-refractivity contribution in [1.29, 1.82) is 0 Å². The molecule has 0 radical (unpaired) electrons. The number of nitrogens with zero attached hydrogens (tertiary/aromatic N) is 1. The molecule has 1 aromatic heterocycles. The fourth-order valence-electron chi connectivity index (χ4n) is 3.13. The smallest absolute Gasteiger partial charge is 0.314 e. The van der Waals surface area contributed by atoms with E-state index in [9.17, 15) is 4.79 Å². The molecule has 3 rings (SSSR count). The molecule has 0 bridgehead atoms.